The van der Waals surface area contributed by atoms with Gasteiger partial charge in [-0.05, 0) is 18.7 Å². The molecule has 102 valence electrons. The zero-order chi connectivity index (χ0) is 13.7. The van der Waals surface area contributed by atoms with Gasteiger partial charge in [-0.15, -0.1) is 11.3 Å². The molecule has 0 amide bonds. The Morgan fingerprint density at radius 3 is 2.89 bits per heavy atom. The molecular formula is C14H18FN3S. The van der Waals surface area contributed by atoms with Crippen LogP contribution in [0.1, 0.15) is 17.6 Å². The molecule has 19 heavy (non-hydrogen) atoms. The average molecular weight is 279 g/mol. The first-order valence-corrected chi connectivity index (χ1v) is 7.18. The molecule has 2 rings (SSSR count). The largest absolute Gasteiger partial charge is 0.366 e. The van der Waals surface area contributed by atoms with Crippen molar-refractivity contribution in [1.82, 2.24) is 10.3 Å². The lowest BCUT2D eigenvalue weighted by Crippen LogP contribution is -2.18. The van der Waals surface area contributed by atoms with Crippen LogP contribution < -0.4 is 10.2 Å². The second-order valence-corrected chi connectivity index (χ2v) is 5.26. The normalized spacial score (nSPS) is 10.7. The van der Waals surface area contributed by atoms with E-state index in [-0.39, 0.29) is 5.82 Å². The molecule has 0 unspecified atom stereocenters. The molecule has 1 aromatic carbocycles. The van der Waals surface area contributed by atoms with E-state index in [4.69, 9.17) is 0 Å². The molecule has 0 bridgehead atoms. The molecule has 5 heteroatoms. The number of benzene rings is 1. The number of rotatable bonds is 6. The molecule has 1 heterocycles. The van der Waals surface area contributed by atoms with E-state index in [9.17, 15) is 4.39 Å². The second-order valence-electron chi connectivity index (χ2n) is 4.32. The zero-order valence-corrected chi connectivity index (χ0v) is 12.0. The number of anilines is 1. The van der Waals surface area contributed by atoms with Crippen LogP contribution in [-0.4, -0.2) is 18.6 Å². The van der Waals surface area contributed by atoms with Crippen LogP contribution in [0.2, 0.25) is 0 Å². The van der Waals surface area contributed by atoms with Crippen LogP contribution in [0.5, 0.6) is 0 Å². The van der Waals surface area contributed by atoms with Crippen molar-refractivity contribution < 1.29 is 4.39 Å². The van der Waals surface area contributed by atoms with Crippen LogP contribution in [0.15, 0.2) is 29.6 Å². The predicted octanol–water partition coefficient (Wildman–Crippen LogP) is 3.03. The molecule has 0 fully saturated rings. The van der Waals surface area contributed by atoms with E-state index in [2.05, 4.69) is 17.2 Å². The van der Waals surface area contributed by atoms with Gasteiger partial charge in [0, 0.05) is 19.0 Å². The van der Waals surface area contributed by atoms with Crippen LogP contribution in [0, 0.1) is 5.82 Å². The van der Waals surface area contributed by atoms with Gasteiger partial charge < -0.3 is 10.2 Å². The smallest absolute Gasteiger partial charge is 0.146 e. The number of aromatic nitrogens is 1. The fourth-order valence-corrected chi connectivity index (χ4v) is 2.58. The number of nitrogens with one attached hydrogen (secondary N) is 1. The fraction of sp³-hybridized carbons (Fsp3) is 0.357. The van der Waals surface area contributed by atoms with E-state index in [0.717, 1.165) is 23.8 Å². The van der Waals surface area contributed by atoms with Gasteiger partial charge >= 0.3 is 0 Å². The van der Waals surface area contributed by atoms with Crippen molar-refractivity contribution in [3.63, 3.8) is 0 Å². The van der Waals surface area contributed by atoms with Gasteiger partial charge in [0.15, 0.2) is 0 Å². The molecule has 0 aliphatic carbocycles. The number of halogens is 1. The van der Waals surface area contributed by atoms with Gasteiger partial charge in [-0.1, -0.05) is 19.1 Å². The van der Waals surface area contributed by atoms with Crippen LogP contribution in [0.4, 0.5) is 10.1 Å². The molecule has 0 saturated heterocycles. The van der Waals surface area contributed by atoms with Crippen LogP contribution in [0.25, 0.3) is 0 Å². The minimum Gasteiger partial charge on any atom is -0.366 e. The van der Waals surface area contributed by atoms with Gasteiger partial charge in [0.05, 0.1) is 17.9 Å². The summed E-state index contributed by atoms with van der Waals surface area (Å²) in [6, 6.07) is 6.79. The van der Waals surface area contributed by atoms with E-state index >= 15 is 0 Å². The third-order valence-electron chi connectivity index (χ3n) is 2.79. The predicted molar refractivity (Wildman–Crippen MR) is 78.0 cm³/mol. The Morgan fingerprint density at radius 2 is 2.16 bits per heavy atom. The summed E-state index contributed by atoms with van der Waals surface area (Å²) in [6.07, 6.45) is 0. The van der Waals surface area contributed by atoms with Crippen molar-refractivity contribution in [2.45, 2.75) is 20.0 Å². The van der Waals surface area contributed by atoms with Crippen molar-refractivity contribution >= 4 is 17.0 Å². The highest BCUT2D eigenvalue weighted by atomic mass is 32.1. The summed E-state index contributed by atoms with van der Waals surface area (Å²) >= 11 is 1.64. The first kappa shape index (κ1) is 14.0. The molecule has 1 aromatic heterocycles. The lowest BCUT2D eigenvalue weighted by atomic mass is 10.3. The van der Waals surface area contributed by atoms with E-state index in [0.29, 0.717) is 12.2 Å². The summed E-state index contributed by atoms with van der Waals surface area (Å²) in [5, 5.41) is 6.35. The molecule has 2 aromatic rings. The van der Waals surface area contributed by atoms with Gasteiger partial charge in [0.1, 0.15) is 10.8 Å². The quantitative estimate of drug-likeness (QED) is 0.881. The number of thiazole rings is 1. The summed E-state index contributed by atoms with van der Waals surface area (Å²) in [7, 11) is 1.88. The third-order valence-corrected chi connectivity index (χ3v) is 3.69. The zero-order valence-electron chi connectivity index (χ0n) is 11.2. The summed E-state index contributed by atoms with van der Waals surface area (Å²) in [5.74, 6) is -0.201. The molecule has 1 N–H and O–H groups in total. The minimum atomic E-state index is -0.201. The lowest BCUT2D eigenvalue weighted by Gasteiger charge is -2.18. The summed E-state index contributed by atoms with van der Waals surface area (Å²) in [6.45, 7) is 4.42. The molecule has 0 atom stereocenters. The van der Waals surface area contributed by atoms with Crippen molar-refractivity contribution in [1.29, 1.82) is 0 Å². The van der Waals surface area contributed by atoms with Crippen LogP contribution >= 0.6 is 11.3 Å². The molecule has 0 aliphatic rings. The lowest BCUT2D eigenvalue weighted by molar-refractivity contribution is 0.621. The number of hydrogen-bond acceptors (Lipinski definition) is 4. The molecule has 0 aliphatic heterocycles. The van der Waals surface area contributed by atoms with Crippen molar-refractivity contribution in [3.8, 4) is 0 Å². The van der Waals surface area contributed by atoms with Gasteiger partial charge in [-0.25, -0.2) is 9.37 Å². The minimum absolute atomic E-state index is 0.201. The van der Waals surface area contributed by atoms with Gasteiger partial charge in [0.25, 0.3) is 0 Å². The van der Waals surface area contributed by atoms with E-state index in [1.54, 1.807) is 23.5 Å². The van der Waals surface area contributed by atoms with Crippen molar-refractivity contribution in [2.75, 3.05) is 18.5 Å². The Kier molecular flexibility index (Phi) is 4.87. The second kappa shape index (κ2) is 6.63. The highest BCUT2D eigenvalue weighted by Crippen LogP contribution is 2.20. The summed E-state index contributed by atoms with van der Waals surface area (Å²) < 4.78 is 13.6. The number of para-hydroxylation sites is 1. The first-order valence-electron chi connectivity index (χ1n) is 6.30. The number of hydrogen-bond donors (Lipinski definition) is 1. The Balaban J connectivity index is 2.01. The topological polar surface area (TPSA) is 28.2 Å². The fourth-order valence-electron chi connectivity index (χ4n) is 1.82. The highest BCUT2D eigenvalue weighted by Gasteiger charge is 2.09. The van der Waals surface area contributed by atoms with Crippen LogP contribution in [0.3, 0.4) is 0 Å². The summed E-state index contributed by atoms with van der Waals surface area (Å²) in [4.78, 5) is 6.41. The van der Waals surface area contributed by atoms with Crippen molar-refractivity contribution in [3.05, 3.63) is 46.2 Å². The number of nitrogens with zero attached hydrogens (tertiary/aromatic N) is 2. The van der Waals surface area contributed by atoms with Crippen molar-refractivity contribution in [2.24, 2.45) is 0 Å². The SMILES string of the molecule is CCNCc1nc(CN(C)c2ccccc2F)cs1. The molecule has 3 nitrogen and oxygen atoms in total. The molecule has 0 saturated carbocycles. The Hall–Kier alpha value is -1.46. The average Bonchev–Trinajstić information content (AvgIpc) is 2.84. The summed E-state index contributed by atoms with van der Waals surface area (Å²) in [5.41, 5.74) is 1.58. The van der Waals surface area contributed by atoms with Gasteiger partial charge in [-0.3, -0.25) is 0 Å². The first-order chi connectivity index (χ1) is 9.20. The van der Waals surface area contributed by atoms with Gasteiger partial charge in [-0.2, -0.15) is 0 Å². The molecule has 0 radical (unpaired) electrons. The monoisotopic (exact) mass is 279 g/mol. The Morgan fingerprint density at radius 1 is 1.37 bits per heavy atom. The molecular weight excluding hydrogens is 261 g/mol. The maximum Gasteiger partial charge on any atom is 0.146 e. The Bertz CT molecular complexity index is 527. The van der Waals surface area contributed by atoms with E-state index in [1.165, 1.54) is 6.07 Å². The van der Waals surface area contributed by atoms with E-state index < -0.39 is 0 Å². The third kappa shape index (κ3) is 3.75. The van der Waals surface area contributed by atoms with Gasteiger partial charge in [0.2, 0.25) is 0 Å². The molecule has 0 spiro atoms. The maximum absolute atomic E-state index is 13.6. The van der Waals surface area contributed by atoms with E-state index in [1.807, 2.05) is 23.4 Å². The highest BCUT2D eigenvalue weighted by molar-refractivity contribution is 7.09. The standard InChI is InChI=1S/C14H18FN3S/c1-3-16-8-14-17-11(10-19-14)9-18(2)13-7-5-4-6-12(13)15/h4-7,10,16H,3,8-9H2,1-2H3. The Labute approximate surface area is 117 Å². The van der Waals surface area contributed by atoms with Crippen LogP contribution in [-0.2, 0) is 13.1 Å². The maximum atomic E-state index is 13.6.